The first-order chi connectivity index (χ1) is 13.7. The molecule has 0 saturated heterocycles. The minimum Gasteiger partial charge on any atom is -0.356 e. The van der Waals surface area contributed by atoms with Gasteiger partial charge in [-0.1, -0.05) is 25.0 Å². The van der Waals surface area contributed by atoms with Crippen molar-refractivity contribution in [3.8, 4) is 0 Å². The molecule has 0 aliphatic rings. The van der Waals surface area contributed by atoms with Crippen LogP contribution >= 0.6 is 11.8 Å². The monoisotopic (exact) mass is 443 g/mol. The van der Waals surface area contributed by atoms with E-state index in [0.717, 1.165) is 24.9 Å². The summed E-state index contributed by atoms with van der Waals surface area (Å²) in [5.41, 5.74) is 0.842. The Morgan fingerprint density at radius 1 is 1.10 bits per heavy atom. The number of rotatable bonds is 12. The second kappa shape index (κ2) is 13.4. The molecule has 0 spiro atoms. The van der Waals surface area contributed by atoms with Crippen LogP contribution in [0.5, 0.6) is 0 Å². The van der Waals surface area contributed by atoms with Gasteiger partial charge < -0.3 is 15.5 Å². The largest absolute Gasteiger partial charge is 0.356 e. The molecule has 0 unspecified atom stereocenters. The van der Waals surface area contributed by atoms with Crippen LogP contribution in [-0.2, 0) is 21.4 Å². The van der Waals surface area contributed by atoms with Crippen molar-refractivity contribution in [2.45, 2.75) is 37.1 Å². The zero-order chi connectivity index (χ0) is 21.7. The number of likely N-dealkylation sites (N-methyl/N-ethyl adjacent to an activating group) is 1. The molecule has 0 heterocycles. The van der Waals surface area contributed by atoms with E-state index < -0.39 is 10.0 Å². The lowest BCUT2D eigenvalue weighted by Gasteiger charge is -2.15. The molecule has 4 N–H and O–H groups in total. The average Bonchev–Trinajstić information content (AvgIpc) is 2.68. The molecule has 164 valence electrons. The third-order valence-corrected chi connectivity index (χ3v) is 5.77. The number of primary sulfonamides is 1. The number of sulfonamides is 1. The summed E-state index contributed by atoms with van der Waals surface area (Å²) in [6.07, 6.45) is 6.73. The number of benzene rings is 1. The van der Waals surface area contributed by atoms with Gasteiger partial charge in [0.25, 0.3) is 0 Å². The highest BCUT2D eigenvalue weighted by molar-refractivity contribution is 7.98. The number of hydrogen-bond acceptors (Lipinski definition) is 5. The Morgan fingerprint density at radius 2 is 1.76 bits per heavy atom. The van der Waals surface area contributed by atoms with Crippen LogP contribution in [0.4, 0.5) is 0 Å². The van der Waals surface area contributed by atoms with Crippen molar-refractivity contribution in [2.75, 3.05) is 39.2 Å². The molecular formula is C19H33N5O3S2. The average molecular weight is 444 g/mol. The summed E-state index contributed by atoms with van der Waals surface area (Å²) in [6, 6.07) is 6.28. The lowest BCUT2D eigenvalue weighted by molar-refractivity contribution is -0.127. The van der Waals surface area contributed by atoms with Gasteiger partial charge in [-0.05, 0) is 42.5 Å². The van der Waals surface area contributed by atoms with E-state index in [2.05, 4.69) is 21.9 Å². The van der Waals surface area contributed by atoms with E-state index >= 15 is 0 Å². The number of guanidine groups is 1. The van der Waals surface area contributed by atoms with Gasteiger partial charge >= 0.3 is 0 Å². The van der Waals surface area contributed by atoms with Crippen LogP contribution in [0.3, 0.4) is 0 Å². The minimum absolute atomic E-state index is 0.0472. The van der Waals surface area contributed by atoms with Crippen molar-refractivity contribution >= 4 is 33.7 Å². The van der Waals surface area contributed by atoms with Gasteiger partial charge in [-0.2, -0.15) is 11.8 Å². The standard InChI is InChI=1S/C19H33N5O3S2/c1-24(2)18(25)15-23-19(21-12-6-4-5-7-13-28-3)22-14-16-8-10-17(11-9-16)29(20,26)27/h8-11H,4-7,12-15H2,1-3H3,(H2,20,26,27)(H2,21,22,23). The number of carbonyl (C=O) groups excluding carboxylic acids is 1. The van der Waals surface area contributed by atoms with Gasteiger partial charge in [-0.25, -0.2) is 18.5 Å². The number of nitrogens with two attached hydrogens (primary N) is 1. The van der Waals surface area contributed by atoms with Crippen LogP contribution in [0.15, 0.2) is 34.2 Å². The van der Waals surface area contributed by atoms with Crippen molar-refractivity contribution in [1.82, 2.24) is 15.5 Å². The van der Waals surface area contributed by atoms with Crippen LogP contribution in [0.2, 0.25) is 0 Å². The molecule has 8 nitrogen and oxygen atoms in total. The molecule has 29 heavy (non-hydrogen) atoms. The third kappa shape index (κ3) is 11.1. The normalized spacial score (nSPS) is 11.9. The zero-order valence-electron chi connectivity index (χ0n) is 17.5. The van der Waals surface area contributed by atoms with Crippen LogP contribution in [-0.4, -0.2) is 64.4 Å². The van der Waals surface area contributed by atoms with Crippen molar-refractivity contribution < 1.29 is 13.2 Å². The summed E-state index contributed by atoms with van der Waals surface area (Å²) in [4.78, 5) is 17.9. The highest BCUT2D eigenvalue weighted by Gasteiger charge is 2.08. The fourth-order valence-corrected chi connectivity index (χ4v) is 3.39. The Kier molecular flexibility index (Phi) is 11.7. The van der Waals surface area contributed by atoms with Crippen LogP contribution in [0.1, 0.15) is 31.2 Å². The minimum atomic E-state index is -3.70. The Bertz CT molecular complexity index is 750. The van der Waals surface area contributed by atoms with E-state index in [1.54, 1.807) is 26.2 Å². The van der Waals surface area contributed by atoms with E-state index in [-0.39, 0.29) is 17.3 Å². The van der Waals surface area contributed by atoms with E-state index in [9.17, 15) is 13.2 Å². The lowest BCUT2D eigenvalue weighted by atomic mass is 10.2. The molecule has 0 fully saturated rings. The van der Waals surface area contributed by atoms with Crippen LogP contribution < -0.4 is 15.8 Å². The third-order valence-electron chi connectivity index (χ3n) is 4.15. The molecule has 1 rings (SSSR count). The Hall–Kier alpha value is -1.78. The smallest absolute Gasteiger partial charge is 0.241 e. The van der Waals surface area contributed by atoms with Gasteiger partial charge in [0, 0.05) is 20.6 Å². The highest BCUT2D eigenvalue weighted by atomic mass is 32.2. The number of nitrogens with one attached hydrogen (secondary N) is 2. The van der Waals surface area contributed by atoms with E-state index in [0.29, 0.717) is 12.5 Å². The molecular weight excluding hydrogens is 410 g/mol. The number of amides is 1. The van der Waals surface area contributed by atoms with Gasteiger partial charge in [0.05, 0.1) is 18.0 Å². The fraction of sp³-hybridized carbons (Fsp3) is 0.579. The SMILES string of the molecule is CSCCCCCCNC(=NCc1ccc(S(N)(=O)=O)cc1)NCC(=O)N(C)C. The number of aliphatic imine (C=N–C) groups is 1. The maximum absolute atomic E-state index is 11.8. The maximum atomic E-state index is 11.8. The summed E-state index contributed by atoms with van der Waals surface area (Å²) in [5.74, 6) is 1.70. The predicted molar refractivity (Wildman–Crippen MR) is 121 cm³/mol. The first-order valence-electron chi connectivity index (χ1n) is 9.57. The van der Waals surface area contributed by atoms with Crippen molar-refractivity contribution in [3.63, 3.8) is 0 Å². The Morgan fingerprint density at radius 3 is 2.34 bits per heavy atom. The van der Waals surface area contributed by atoms with Crippen LogP contribution in [0, 0.1) is 0 Å². The number of unbranched alkanes of at least 4 members (excludes halogenated alkanes) is 3. The lowest BCUT2D eigenvalue weighted by Crippen LogP contribution is -2.43. The number of hydrogen-bond donors (Lipinski definition) is 3. The predicted octanol–water partition coefficient (Wildman–Crippen LogP) is 1.38. The quantitative estimate of drug-likeness (QED) is 0.255. The summed E-state index contributed by atoms with van der Waals surface area (Å²) >= 11 is 1.87. The Labute approximate surface area is 178 Å². The molecule has 10 heteroatoms. The topological polar surface area (TPSA) is 117 Å². The van der Waals surface area contributed by atoms with Crippen molar-refractivity contribution in [1.29, 1.82) is 0 Å². The summed E-state index contributed by atoms with van der Waals surface area (Å²) in [7, 11) is -0.296. The molecule has 1 aromatic carbocycles. The van der Waals surface area contributed by atoms with Gasteiger partial charge in [0.1, 0.15) is 0 Å². The summed E-state index contributed by atoms with van der Waals surface area (Å²) < 4.78 is 22.7. The number of nitrogens with zero attached hydrogens (tertiary/aromatic N) is 2. The van der Waals surface area contributed by atoms with Crippen molar-refractivity contribution in [2.24, 2.45) is 10.1 Å². The Balaban J connectivity index is 2.62. The van der Waals surface area contributed by atoms with Gasteiger partial charge in [-0.15, -0.1) is 0 Å². The first kappa shape index (κ1) is 25.3. The summed E-state index contributed by atoms with van der Waals surface area (Å²) in [5, 5.41) is 11.4. The van der Waals surface area contributed by atoms with Gasteiger partial charge in [0.15, 0.2) is 5.96 Å². The molecule has 0 radical (unpaired) electrons. The second-order valence-electron chi connectivity index (χ2n) is 6.83. The number of thioether (sulfide) groups is 1. The molecule has 1 aromatic rings. The first-order valence-corrected chi connectivity index (χ1v) is 12.5. The molecule has 0 bridgehead atoms. The molecule has 0 saturated carbocycles. The maximum Gasteiger partial charge on any atom is 0.241 e. The van der Waals surface area contributed by atoms with E-state index in [1.165, 1.54) is 35.6 Å². The highest BCUT2D eigenvalue weighted by Crippen LogP contribution is 2.09. The molecule has 1 amide bonds. The van der Waals surface area contributed by atoms with E-state index in [1.807, 2.05) is 11.8 Å². The van der Waals surface area contributed by atoms with Gasteiger partial charge in [0.2, 0.25) is 15.9 Å². The summed E-state index contributed by atoms with van der Waals surface area (Å²) in [6.45, 7) is 1.27. The molecule has 0 aliphatic carbocycles. The van der Waals surface area contributed by atoms with E-state index in [4.69, 9.17) is 5.14 Å². The van der Waals surface area contributed by atoms with Crippen LogP contribution in [0.25, 0.3) is 0 Å². The van der Waals surface area contributed by atoms with Crippen molar-refractivity contribution in [3.05, 3.63) is 29.8 Å². The fourth-order valence-electron chi connectivity index (χ4n) is 2.38. The molecule has 0 atom stereocenters. The molecule has 0 aliphatic heterocycles. The number of carbonyl (C=O) groups is 1. The second-order valence-corrected chi connectivity index (χ2v) is 9.38. The van der Waals surface area contributed by atoms with Gasteiger partial charge in [-0.3, -0.25) is 4.79 Å². The molecule has 0 aromatic heterocycles. The zero-order valence-corrected chi connectivity index (χ0v) is 19.1.